The van der Waals surface area contributed by atoms with E-state index in [9.17, 15) is 0 Å². The lowest BCUT2D eigenvalue weighted by molar-refractivity contribution is 0.209. The smallest absolute Gasteiger partial charge is 0.145 e. The summed E-state index contributed by atoms with van der Waals surface area (Å²) in [6.07, 6.45) is 12.5. The number of hydrogen-bond acceptors (Lipinski definition) is 7. The minimum atomic E-state index is 0.742. The van der Waals surface area contributed by atoms with E-state index < -0.39 is 0 Å². The molecule has 0 radical (unpaired) electrons. The van der Waals surface area contributed by atoms with Gasteiger partial charge in [0.25, 0.3) is 0 Å². The van der Waals surface area contributed by atoms with Gasteiger partial charge in [-0.3, -0.25) is 4.98 Å². The van der Waals surface area contributed by atoms with E-state index in [4.69, 9.17) is 4.74 Å². The zero-order chi connectivity index (χ0) is 25.2. The van der Waals surface area contributed by atoms with Crippen LogP contribution in [0.3, 0.4) is 0 Å². The Morgan fingerprint density at radius 2 is 1.95 bits per heavy atom. The molecule has 1 aliphatic heterocycles. The molecule has 3 aromatic heterocycles. The molecule has 4 aromatic rings. The second kappa shape index (κ2) is 10.8. The minimum Gasteiger partial charge on any atom is -0.455 e. The lowest BCUT2D eigenvalue weighted by atomic mass is 9.85. The number of nitrogens with zero attached hydrogens (tertiary/aromatic N) is 4. The number of thiophene rings is 1. The van der Waals surface area contributed by atoms with E-state index in [2.05, 4.69) is 38.2 Å². The van der Waals surface area contributed by atoms with Gasteiger partial charge in [-0.25, -0.2) is 9.97 Å². The molecule has 1 atom stereocenters. The average Bonchev–Trinajstić information content (AvgIpc) is 3.30. The van der Waals surface area contributed by atoms with Gasteiger partial charge in [0.1, 0.15) is 28.5 Å². The molecule has 1 saturated heterocycles. The van der Waals surface area contributed by atoms with Crippen molar-refractivity contribution in [3.05, 3.63) is 64.6 Å². The van der Waals surface area contributed by atoms with Gasteiger partial charge >= 0.3 is 0 Å². The largest absolute Gasteiger partial charge is 0.455 e. The van der Waals surface area contributed by atoms with Gasteiger partial charge in [-0.1, -0.05) is 6.42 Å². The maximum Gasteiger partial charge on any atom is 0.145 e. The summed E-state index contributed by atoms with van der Waals surface area (Å²) in [7, 11) is 0. The number of rotatable bonds is 7. The number of nitrogens with one attached hydrogen (secondary N) is 1. The predicted octanol–water partition coefficient (Wildman–Crippen LogP) is 7.22. The first-order valence-electron chi connectivity index (χ1n) is 13.6. The number of piperidine rings is 1. The van der Waals surface area contributed by atoms with Gasteiger partial charge < -0.3 is 15.0 Å². The second-order valence-electron chi connectivity index (χ2n) is 10.5. The molecule has 0 bridgehead atoms. The summed E-state index contributed by atoms with van der Waals surface area (Å²) < 4.78 is 6.05. The average molecular weight is 514 g/mol. The molecular formula is C30H35N5OS. The third-order valence-corrected chi connectivity index (χ3v) is 8.96. The lowest BCUT2D eigenvalue weighted by Gasteiger charge is -2.29. The Morgan fingerprint density at radius 3 is 2.76 bits per heavy atom. The maximum absolute atomic E-state index is 6.05. The molecule has 0 saturated carbocycles. The molecular weight excluding hydrogens is 478 g/mol. The van der Waals surface area contributed by atoms with Crippen LogP contribution >= 0.6 is 11.3 Å². The molecule has 1 aliphatic carbocycles. The first kappa shape index (κ1) is 24.3. The van der Waals surface area contributed by atoms with Gasteiger partial charge in [-0.15, -0.1) is 11.3 Å². The van der Waals surface area contributed by atoms with Gasteiger partial charge in [0.15, 0.2) is 0 Å². The van der Waals surface area contributed by atoms with Crippen LogP contribution in [0, 0.1) is 19.8 Å². The van der Waals surface area contributed by atoms with Crippen molar-refractivity contribution >= 4 is 33.1 Å². The summed E-state index contributed by atoms with van der Waals surface area (Å²) in [6, 6.07) is 10.1. The van der Waals surface area contributed by atoms with Crippen LogP contribution in [0.1, 0.15) is 53.8 Å². The summed E-state index contributed by atoms with van der Waals surface area (Å²) in [5.41, 5.74) is 4.49. The van der Waals surface area contributed by atoms with Crippen molar-refractivity contribution in [2.45, 2.75) is 58.8 Å². The summed E-state index contributed by atoms with van der Waals surface area (Å²) >= 11 is 1.87. The summed E-state index contributed by atoms with van der Waals surface area (Å²) in [4.78, 5) is 18.9. The Hall–Kier alpha value is -3.03. The fourth-order valence-corrected chi connectivity index (χ4v) is 6.99. The fraction of sp³-hybridized carbons (Fsp3) is 0.433. The molecule has 7 heteroatoms. The Labute approximate surface area is 223 Å². The molecule has 1 fully saturated rings. The Balaban J connectivity index is 1.17. The minimum absolute atomic E-state index is 0.742. The maximum atomic E-state index is 6.05. The molecule has 1 aromatic carbocycles. The van der Waals surface area contributed by atoms with Crippen molar-refractivity contribution in [2.75, 3.05) is 25.0 Å². The van der Waals surface area contributed by atoms with Crippen LogP contribution in [-0.4, -0.2) is 39.5 Å². The molecule has 6 nitrogen and oxygen atoms in total. The Morgan fingerprint density at radius 1 is 1.05 bits per heavy atom. The van der Waals surface area contributed by atoms with Crippen molar-refractivity contribution < 1.29 is 4.74 Å². The molecule has 192 valence electrons. The SMILES string of the molecule is Cc1ccc(Oc2ccc(Nc3ncnc4sc5c(c34)CCC(CCN3CCCCC3)C5)cc2C)cn1. The van der Waals surface area contributed by atoms with Crippen LogP contribution in [0.25, 0.3) is 10.2 Å². The van der Waals surface area contributed by atoms with Crippen molar-refractivity contribution in [3.8, 4) is 11.5 Å². The first-order valence-corrected chi connectivity index (χ1v) is 14.4. The molecule has 0 spiro atoms. The van der Waals surface area contributed by atoms with Crippen molar-refractivity contribution in [2.24, 2.45) is 5.92 Å². The highest BCUT2D eigenvalue weighted by Crippen LogP contribution is 2.41. The molecule has 0 amide bonds. The van der Waals surface area contributed by atoms with E-state index >= 15 is 0 Å². The number of fused-ring (bicyclic) bond motifs is 3. The van der Waals surface area contributed by atoms with Crippen molar-refractivity contribution in [1.29, 1.82) is 0 Å². The van der Waals surface area contributed by atoms with Crippen LogP contribution in [0.2, 0.25) is 0 Å². The highest BCUT2D eigenvalue weighted by molar-refractivity contribution is 7.19. The second-order valence-corrected chi connectivity index (χ2v) is 11.6. The first-order chi connectivity index (χ1) is 18.1. The van der Waals surface area contributed by atoms with E-state index in [0.717, 1.165) is 51.4 Å². The van der Waals surface area contributed by atoms with Crippen molar-refractivity contribution in [1.82, 2.24) is 19.9 Å². The number of likely N-dealkylation sites (tertiary alicyclic amines) is 1. The van der Waals surface area contributed by atoms with E-state index in [0.29, 0.717) is 0 Å². The number of ether oxygens (including phenoxy) is 1. The van der Waals surface area contributed by atoms with Gasteiger partial charge in [0.05, 0.1) is 11.6 Å². The van der Waals surface area contributed by atoms with E-state index in [1.54, 1.807) is 12.5 Å². The lowest BCUT2D eigenvalue weighted by Crippen LogP contribution is -2.32. The number of aromatic nitrogens is 3. The monoisotopic (exact) mass is 513 g/mol. The highest BCUT2D eigenvalue weighted by Gasteiger charge is 2.26. The van der Waals surface area contributed by atoms with Crippen LogP contribution in [-0.2, 0) is 12.8 Å². The zero-order valence-electron chi connectivity index (χ0n) is 21.8. The van der Waals surface area contributed by atoms with E-state index in [1.165, 1.54) is 74.0 Å². The normalized spacial score (nSPS) is 18.1. The molecule has 4 heterocycles. The number of benzene rings is 1. The highest BCUT2D eigenvalue weighted by atomic mass is 32.1. The topological polar surface area (TPSA) is 63.2 Å². The van der Waals surface area contributed by atoms with E-state index in [-0.39, 0.29) is 0 Å². The third kappa shape index (κ3) is 5.48. The number of aryl methyl sites for hydroxylation is 3. The van der Waals surface area contributed by atoms with Gasteiger partial charge in [-0.05, 0) is 119 Å². The van der Waals surface area contributed by atoms with Gasteiger partial charge in [0.2, 0.25) is 0 Å². The van der Waals surface area contributed by atoms with Crippen LogP contribution in [0.5, 0.6) is 11.5 Å². The quantitative estimate of drug-likeness (QED) is 0.281. The van der Waals surface area contributed by atoms with Crippen LogP contribution < -0.4 is 10.1 Å². The summed E-state index contributed by atoms with van der Waals surface area (Å²) in [5, 5.41) is 4.79. The van der Waals surface area contributed by atoms with Gasteiger partial charge in [0, 0.05) is 16.3 Å². The van der Waals surface area contributed by atoms with Gasteiger partial charge in [-0.2, -0.15) is 0 Å². The molecule has 6 rings (SSSR count). The standard InChI is InChI=1S/C30H35N5OS/c1-20-16-23(8-11-26(20)36-24-9-6-21(2)31-18-24)34-29-28-25-10-7-22(12-15-35-13-4-3-5-14-35)17-27(25)37-30(28)33-19-32-29/h6,8-9,11,16,18-19,22H,3-5,7,10,12-15,17H2,1-2H3,(H,32,33,34). The third-order valence-electron chi connectivity index (χ3n) is 7.80. The number of pyridine rings is 1. The van der Waals surface area contributed by atoms with Crippen molar-refractivity contribution in [3.63, 3.8) is 0 Å². The summed E-state index contributed by atoms with van der Waals surface area (Å²) in [6.45, 7) is 7.88. The molecule has 1 unspecified atom stereocenters. The van der Waals surface area contributed by atoms with Crippen LogP contribution in [0.15, 0.2) is 42.9 Å². The Kier molecular flexibility index (Phi) is 7.07. The number of anilines is 2. The predicted molar refractivity (Wildman–Crippen MR) is 151 cm³/mol. The fourth-order valence-electron chi connectivity index (χ4n) is 5.69. The zero-order valence-corrected chi connectivity index (χ0v) is 22.6. The molecule has 2 aliphatic rings. The summed E-state index contributed by atoms with van der Waals surface area (Å²) in [5.74, 6) is 3.26. The van der Waals surface area contributed by atoms with Crippen LogP contribution in [0.4, 0.5) is 11.5 Å². The number of hydrogen-bond donors (Lipinski definition) is 1. The molecule has 1 N–H and O–H groups in total. The van der Waals surface area contributed by atoms with E-state index in [1.807, 2.05) is 42.5 Å². The Bertz CT molecular complexity index is 1380. The molecule has 37 heavy (non-hydrogen) atoms.